The van der Waals surface area contributed by atoms with Gasteiger partial charge in [-0.2, -0.15) is 5.26 Å². The Kier molecular flexibility index (Phi) is 4.34. The van der Waals surface area contributed by atoms with Gasteiger partial charge in [-0.05, 0) is 17.1 Å². The molecule has 1 aromatic carbocycles. The molecule has 1 atom stereocenters. The van der Waals surface area contributed by atoms with Gasteiger partial charge in [0.15, 0.2) is 0 Å². The number of nitrogens with zero attached hydrogens (tertiary/aromatic N) is 3. The SMILES string of the molecule is CC(C)(C)c1nnsc1C(=O)NC(C#N)c1ccccc1. The normalized spacial score (nSPS) is 12.5. The number of amides is 1. The lowest BCUT2D eigenvalue weighted by atomic mass is 9.91. The molecular formula is C15H16N4OS. The summed E-state index contributed by atoms with van der Waals surface area (Å²) in [5, 5.41) is 16.0. The van der Waals surface area contributed by atoms with Crippen LogP contribution in [0.5, 0.6) is 0 Å². The molecule has 0 bridgehead atoms. The Morgan fingerprint density at radius 1 is 1.33 bits per heavy atom. The van der Waals surface area contributed by atoms with Crippen LogP contribution in [-0.2, 0) is 5.41 Å². The molecule has 0 fully saturated rings. The van der Waals surface area contributed by atoms with Crippen molar-refractivity contribution in [3.63, 3.8) is 0 Å². The van der Waals surface area contributed by atoms with Crippen LogP contribution >= 0.6 is 11.5 Å². The molecule has 0 aliphatic carbocycles. The summed E-state index contributed by atoms with van der Waals surface area (Å²) in [5.74, 6) is -0.315. The van der Waals surface area contributed by atoms with E-state index in [2.05, 4.69) is 21.0 Å². The highest BCUT2D eigenvalue weighted by molar-refractivity contribution is 7.08. The number of carbonyl (C=O) groups is 1. The quantitative estimate of drug-likeness (QED) is 0.945. The van der Waals surface area contributed by atoms with Gasteiger partial charge in [0.1, 0.15) is 10.9 Å². The molecule has 1 unspecified atom stereocenters. The molecule has 0 aliphatic heterocycles. The lowest BCUT2D eigenvalue weighted by Gasteiger charge is -2.17. The van der Waals surface area contributed by atoms with Gasteiger partial charge in [-0.15, -0.1) is 5.10 Å². The van der Waals surface area contributed by atoms with Gasteiger partial charge in [0.25, 0.3) is 5.91 Å². The molecule has 5 nitrogen and oxygen atoms in total. The molecule has 0 radical (unpaired) electrons. The van der Waals surface area contributed by atoms with E-state index in [1.54, 1.807) is 0 Å². The second kappa shape index (κ2) is 6.02. The number of nitrogens with one attached hydrogen (secondary N) is 1. The molecule has 1 aromatic heterocycles. The van der Waals surface area contributed by atoms with Crippen molar-refractivity contribution < 1.29 is 4.79 Å². The summed E-state index contributed by atoms with van der Waals surface area (Å²) in [5.41, 5.74) is 1.13. The standard InChI is InChI=1S/C15H16N4OS/c1-15(2,3)13-12(21-19-18-13)14(20)17-11(9-16)10-7-5-4-6-8-10/h4-8,11H,1-3H3,(H,17,20). The minimum atomic E-state index is -0.686. The third kappa shape index (κ3) is 3.44. The lowest BCUT2D eigenvalue weighted by molar-refractivity contribution is 0.0947. The van der Waals surface area contributed by atoms with Crippen molar-refractivity contribution in [2.45, 2.75) is 32.2 Å². The number of carbonyl (C=O) groups excluding carboxylic acids is 1. The van der Waals surface area contributed by atoms with Crippen molar-refractivity contribution in [3.05, 3.63) is 46.5 Å². The van der Waals surface area contributed by atoms with Crippen LogP contribution in [0, 0.1) is 11.3 Å². The average Bonchev–Trinajstić information content (AvgIpc) is 2.95. The van der Waals surface area contributed by atoms with Crippen molar-refractivity contribution in [2.75, 3.05) is 0 Å². The molecule has 1 heterocycles. The van der Waals surface area contributed by atoms with E-state index in [9.17, 15) is 10.1 Å². The first-order chi connectivity index (χ1) is 9.93. The first-order valence-electron chi connectivity index (χ1n) is 6.51. The van der Waals surface area contributed by atoms with E-state index < -0.39 is 6.04 Å². The summed E-state index contributed by atoms with van der Waals surface area (Å²) < 4.78 is 3.86. The van der Waals surface area contributed by atoms with Gasteiger partial charge in [-0.1, -0.05) is 55.6 Å². The van der Waals surface area contributed by atoms with Crippen LogP contribution in [0.2, 0.25) is 0 Å². The van der Waals surface area contributed by atoms with Crippen LogP contribution in [-0.4, -0.2) is 15.5 Å². The van der Waals surface area contributed by atoms with Crippen LogP contribution in [0.1, 0.15) is 47.7 Å². The van der Waals surface area contributed by atoms with Gasteiger partial charge >= 0.3 is 0 Å². The third-order valence-corrected chi connectivity index (χ3v) is 3.67. The van der Waals surface area contributed by atoms with E-state index in [4.69, 9.17) is 0 Å². The largest absolute Gasteiger partial charge is 0.332 e. The Bertz CT molecular complexity index is 667. The number of nitriles is 1. The first-order valence-corrected chi connectivity index (χ1v) is 7.29. The number of hydrogen-bond donors (Lipinski definition) is 1. The van der Waals surface area contributed by atoms with Gasteiger partial charge in [-0.25, -0.2) is 0 Å². The van der Waals surface area contributed by atoms with Crippen molar-refractivity contribution in [3.8, 4) is 6.07 Å². The number of hydrogen-bond acceptors (Lipinski definition) is 5. The Morgan fingerprint density at radius 2 is 2.00 bits per heavy atom. The van der Waals surface area contributed by atoms with Crippen LogP contribution in [0.15, 0.2) is 30.3 Å². The first kappa shape index (κ1) is 15.1. The molecule has 2 rings (SSSR count). The van der Waals surface area contributed by atoms with E-state index in [1.165, 1.54) is 0 Å². The van der Waals surface area contributed by atoms with E-state index in [0.29, 0.717) is 10.6 Å². The highest BCUT2D eigenvalue weighted by Gasteiger charge is 2.27. The topological polar surface area (TPSA) is 78.7 Å². The summed E-state index contributed by atoms with van der Waals surface area (Å²) in [6.07, 6.45) is 0. The van der Waals surface area contributed by atoms with Gasteiger partial charge in [0.2, 0.25) is 0 Å². The van der Waals surface area contributed by atoms with E-state index in [0.717, 1.165) is 17.1 Å². The Balaban J connectivity index is 2.22. The summed E-state index contributed by atoms with van der Waals surface area (Å²) in [7, 11) is 0. The maximum absolute atomic E-state index is 12.4. The van der Waals surface area contributed by atoms with Gasteiger partial charge < -0.3 is 5.32 Å². The smallest absolute Gasteiger partial charge is 0.266 e. The summed E-state index contributed by atoms with van der Waals surface area (Å²) in [6.45, 7) is 5.92. The highest BCUT2D eigenvalue weighted by atomic mass is 32.1. The number of benzene rings is 1. The maximum Gasteiger partial charge on any atom is 0.266 e. The fraction of sp³-hybridized carbons (Fsp3) is 0.333. The maximum atomic E-state index is 12.4. The van der Waals surface area contributed by atoms with Crippen molar-refractivity contribution in [1.82, 2.24) is 14.9 Å². The van der Waals surface area contributed by atoms with E-state index in [-0.39, 0.29) is 11.3 Å². The summed E-state index contributed by atoms with van der Waals surface area (Å²) in [6, 6.07) is 10.6. The van der Waals surface area contributed by atoms with Crippen LogP contribution in [0.3, 0.4) is 0 Å². The van der Waals surface area contributed by atoms with Crippen molar-refractivity contribution >= 4 is 17.4 Å². The monoisotopic (exact) mass is 300 g/mol. The molecule has 0 aliphatic rings. The summed E-state index contributed by atoms with van der Waals surface area (Å²) >= 11 is 1.05. The predicted molar refractivity (Wildman–Crippen MR) is 80.9 cm³/mol. The Labute approximate surface area is 127 Å². The fourth-order valence-electron chi connectivity index (χ4n) is 1.86. The Hall–Kier alpha value is -2.26. The highest BCUT2D eigenvalue weighted by Crippen LogP contribution is 2.26. The van der Waals surface area contributed by atoms with Crippen LogP contribution in [0.25, 0.3) is 0 Å². The second-order valence-electron chi connectivity index (χ2n) is 5.65. The van der Waals surface area contributed by atoms with E-state index in [1.807, 2.05) is 51.1 Å². The average molecular weight is 300 g/mol. The molecule has 2 aromatic rings. The zero-order chi connectivity index (χ0) is 15.5. The molecule has 0 saturated heterocycles. The van der Waals surface area contributed by atoms with Gasteiger partial charge in [0, 0.05) is 5.41 Å². The number of rotatable bonds is 3. The third-order valence-electron chi connectivity index (χ3n) is 2.94. The predicted octanol–water partition coefficient (Wildman–Crippen LogP) is 2.83. The van der Waals surface area contributed by atoms with Crippen molar-refractivity contribution in [1.29, 1.82) is 5.26 Å². The van der Waals surface area contributed by atoms with E-state index >= 15 is 0 Å². The molecule has 6 heteroatoms. The van der Waals surface area contributed by atoms with Crippen LogP contribution in [0.4, 0.5) is 0 Å². The van der Waals surface area contributed by atoms with Gasteiger partial charge in [0.05, 0.1) is 11.8 Å². The molecular weight excluding hydrogens is 284 g/mol. The number of aromatic nitrogens is 2. The minimum Gasteiger partial charge on any atom is -0.332 e. The molecule has 0 saturated carbocycles. The molecule has 1 N–H and O–H groups in total. The summed E-state index contributed by atoms with van der Waals surface area (Å²) in [4.78, 5) is 12.8. The van der Waals surface area contributed by atoms with Gasteiger partial charge in [-0.3, -0.25) is 4.79 Å². The van der Waals surface area contributed by atoms with Crippen LogP contribution < -0.4 is 5.32 Å². The Morgan fingerprint density at radius 3 is 2.57 bits per heavy atom. The molecule has 108 valence electrons. The molecule has 21 heavy (non-hydrogen) atoms. The van der Waals surface area contributed by atoms with Crippen molar-refractivity contribution in [2.24, 2.45) is 0 Å². The fourth-order valence-corrected chi connectivity index (χ4v) is 2.64. The second-order valence-corrected chi connectivity index (χ2v) is 6.40. The zero-order valence-corrected chi connectivity index (χ0v) is 12.9. The lowest BCUT2D eigenvalue weighted by Crippen LogP contribution is -2.29. The molecule has 1 amide bonds. The molecule has 0 spiro atoms. The zero-order valence-electron chi connectivity index (χ0n) is 12.1. The minimum absolute atomic E-state index is 0.269.